The predicted molar refractivity (Wildman–Crippen MR) is 89.0 cm³/mol. The summed E-state index contributed by atoms with van der Waals surface area (Å²) in [4.78, 5) is 16.6. The number of likely N-dealkylation sites (N-methyl/N-ethyl adjacent to an activating group) is 1. The second-order valence-corrected chi connectivity index (χ2v) is 7.83. The number of nitrogens with zero attached hydrogens (tertiary/aromatic N) is 2. The van der Waals surface area contributed by atoms with E-state index in [4.69, 9.17) is 4.74 Å². The Morgan fingerprint density at radius 3 is 2.50 bits per heavy atom. The summed E-state index contributed by atoms with van der Waals surface area (Å²) >= 11 is 0. The Kier molecular flexibility index (Phi) is 5.86. The van der Waals surface area contributed by atoms with E-state index in [0.29, 0.717) is 6.54 Å². The maximum absolute atomic E-state index is 12.1. The van der Waals surface area contributed by atoms with Crippen molar-refractivity contribution in [3.8, 4) is 0 Å². The average Bonchev–Trinajstić information content (AvgIpc) is 2.44. The molecule has 1 aliphatic heterocycles. The fraction of sp³-hybridized carbons (Fsp3) is 0.941. The van der Waals surface area contributed by atoms with Crippen LogP contribution in [0.2, 0.25) is 0 Å². The van der Waals surface area contributed by atoms with Crippen LogP contribution in [0.1, 0.15) is 46.0 Å². The van der Waals surface area contributed by atoms with Gasteiger partial charge in [-0.15, -0.1) is 0 Å². The molecule has 0 unspecified atom stereocenters. The molecular formula is C17H33N3O2. The maximum atomic E-state index is 12.1. The Balaban J connectivity index is 2.02. The van der Waals surface area contributed by atoms with Gasteiger partial charge in [-0.1, -0.05) is 19.3 Å². The van der Waals surface area contributed by atoms with Crippen LogP contribution < -0.4 is 5.32 Å². The Bertz CT molecular complexity index is 376. The predicted octanol–water partition coefficient (Wildman–Crippen LogP) is 1.48. The van der Waals surface area contributed by atoms with E-state index in [1.54, 1.807) is 0 Å². The van der Waals surface area contributed by atoms with Gasteiger partial charge in [0.25, 0.3) is 0 Å². The highest BCUT2D eigenvalue weighted by atomic mass is 16.5. The molecule has 1 heterocycles. The number of rotatable bonds is 5. The maximum Gasteiger partial charge on any atom is 0.234 e. The van der Waals surface area contributed by atoms with E-state index in [1.165, 1.54) is 32.1 Å². The van der Waals surface area contributed by atoms with Crippen LogP contribution in [0.3, 0.4) is 0 Å². The molecule has 0 atom stereocenters. The van der Waals surface area contributed by atoms with Gasteiger partial charge in [0.05, 0.1) is 18.8 Å². The molecule has 0 aromatic rings. The second-order valence-electron chi connectivity index (χ2n) is 7.83. The summed E-state index contributed by atoms with van der Waals surface area (Å²) in [6.45, 7) is 8.30. The Morgan fingerprint density at radius 1 is 1.23 bits per heavy atom. The van der Waals surface area contributed by atoms with Crippen molar-refractivity contribution in [2.24, 2.45) is 0 Å². The zero-order chi connectivity index (χ0) is 16.2. The fourth-order valence-corrected chi connectivity index (χ4v) is 3.84. The van der Waals surface area contributed by atoms with Crippen LogP contribution in [0, 0.1) is 0 Å². The molecule has 128 valence electrons. The fourth-order valence-electron chi connectivity index (χ4n) is 3.84. The van der Waals surface area contributed by atoms with Gasteiger partial charge in [0.2, 0.25) is 5.91 Å². The van der Waals surface area contributed by atoms with Crippen molar-refractivity contribution < 1.29 is 9.53 Å². The molecule has 1 saturated heterocycles. The topological polar surface area (TPSA) is 44.8 Å². The first-order valence-corrected chi connectivity index (χ1v) is 8.63. The summed E-state index contributed by atoms with van der Waals surface area (Å²) in [6.07, 6.45) is 6.22. The standard InChI is InChI=1S/C17H33N3O2/c1-16(2)14-20(10-11-22-16)17(8-6-5-7-9-17)13-18-15(21)12-19(3)4/h5-14H2,1-4H3,(H,18,21). The Hall–Kier alpha value is -0.650. The minimum Gasteiger partial charge on any atom is -0.373 e. The molecule has 2 rings (SSSR count). The van der Waals surface area contributed by atoms with E-state index in [9.17, 15) is 4.79 Å². The number of hydrogen-bond acceptors (Lipinski definition) is 4. The highest BCUT2D eigenvalue weighted by Gasteiger charge is 2.42. The first kappa shape index (κ1) is 17.7. The van der Waals surface area contributed by atoms with Crippen LogP contribution in [-0.4, -0.2) is 73.7 Å². The molecule has 1 aliphatic carbocycles. The molecule has 0 bridgehead atoms. The molecule has 0 aromatic heterocycles. The molecule has 2 aliphatic rings. The zero-order valence-corrected chi connectivity index (χ0v) is 14.8. The van der Waals surface area contributed by atoms with Gasteiger partial charge in [0, 0.05) is 25.2 Å². The number of carbonyl (C=O) groups is 1. The number of carbonyl (C=O) groups excluding carboxylic acids is 1. The number of hydrogen-bond donors (Lipinski definition) is 1. The smallest absolute Gasteiger partial charge is 0.234 e. The summed E-state index contributed by atoms with van der Waals surface area (Å²) in [6, 6.07) is 0. The van der Waals surface area contributed by atoms with Crippen molar-refractivity contribution in [2.45, 2.75) is 57.1 Å². The van der Waals surface area contributed by atoms with Gasteiger partial charge in [0.1, 0.15) is 0 Å². The number of ether oxygens (including phenoxy) is 1. The molecule has 2 fully saturated rings. The van der Waals surface area contributed by atoms with E-state index in [1.807, 2.05) is 19.0 Å². The minimum absolute atomic E-state index is 0.0870. The molecular weight excluding hydrogens is 278 g/mol. The van der Waals surface area contributed by atoms with Crippen LogP contribution in [0.5, 0.6) is 0 Å². The van der Waals surface area contributed by atoms with Crippen molar-refractivity contribution in [2.75, 3.05) is 46.9 Å². The van der Waals surface area contributed by atoms with Crippen molar-refractivity contribution in [3.05, 3.63) is 0 Å². The lowest BCUT2D eigenvalue weighted by Gasteiger charge is -2.51. The average molecular weight is 311 g/mol. The zero-order valence-electron chi connectivity index (χ0n) is 14.8. The summed E-state index contributed by atoms with van der Waals surface area (Å²) < 4.78 is 5.87. The molecule has 1 N–H and O–H groups in total. The molecule has 5 heteroatoms. The van der Waals surface area contributed by atoms with Crippen LogP contribution in [0.25, 0.3) is 0 Å². The molecule has 0 aromatic carbocycles. The Morgan fingerprint density at radius 2 is 1.91 bits per heavy atom. The lowest BCUT2D eigenvalue weighted by atomic mass is 9.79. The van der Waals surface area contributed by atoms with Crippen LogP contribution in [0.15, 0.2) is 0 Å². The van der Waals surface area contributed by atoms with Crippen LogP contribution >= 0.6 is 0 Å². The van der Waals surface area contributed by atoms with E-state index in [2.05, 4.69) is 24.1 Å². The molecule has 1 amide bonds. The van der Waals surface area contributed by atoms with Gasteiger partial charge in [-0.2, -0.15) is 0 Å². The quantitative estimate of drug-likeness (QED) is 0.835. The van der Waals surface area contributed by atoms with Crippen molar-refractivity contribution in [1.82, 2.24) is 15.1 Å². The van der Waals surface area contributed by atoms with E-state index < -0.39 is 0 Å². The third-order valence-electron chi connectivity index (χ3n) is 4.96. The van der Waals surface area contributed by atoms with Crippen LogP contribution in [-0.2, 0) is 9.53 Å². The minimum atomic E-state index is -0.0870. The van der Waals surface area contributed by atoms with Gasteiger partial charge in [0.15, 0.2) is 0 Å². The van der Waals surface area contributed by atoms with E-state index >= 15 is 0 Å². The van der Waals surface area contributed by atoms with E-state index in [0.717, 1.165) is 26.2 Å². The van der Waals surface area contributed by atoms with E-state index in [-0.39, 0.29) is 17.0 Å². The summed E-state index contributed by atoms with van der Waals surface area (Å²) in [7, 11) is 3.86. The summed E-state index contributed by atoms with van der Waals surface area (Å²) in [5.41, 5.74) is 0.0393. The van der Waals surface area contributed by atoms with Crippen molar-refractivity contribution in [3.63, 3.8) is 0 Å². The first-order chi connectivity index (χ1) is 10.3. The number of nitrogens with one attached hydrogen (secondary N) is 1. The van der Waals surface area contributed by atoms with Gasteiger partial charge in [-0.05, 0) is 40.8 Å². The van der Waals surface area contributed by atoms with Crippen LogP contribution in [0.4, 0.5) is 0 Å². The first-order valence-electron chi connectivity index (χ1n) is 8.63. The van der Waals surface area contributed by atoms with Crippen molar-refractivity contribution >= 4 is 5.91 Å². The third kappa shape index (κ3) is 4.67. The monoisotopic (exact) mass is 311 g/mol. The lowest BCUT2D eigenvalue weighted by molar-refractivity contribution is -0.129. The number of amides is 1. The largest absolute Gasteiger partial charge is 0.373 e. The molecule has 5 nitrogen and oxygen atoms in total. The summed E-state index contributed by atoms with van der Waals surface area (Å²) in [5.74, 6) is 0.127. The molecule has 0 spiro atoms. The number of morpholine rings is 1. The third-order valence-corrected chi connectivity index (χ3v) is 4.96. The van der Waals surface area contributed by atoms with Gasteiger partial charge < -0.3 is 15.0 Å². The SMILES string of the molecule is CN(C)CC(=O)NCC1(N2CCOC(C)(C)C2)CCCCC1. The Labute approximate surface area is 135 Å². The molecule has 1 saturated carbocycles. The lowest BCUT2D eigenvalue weighted by Crippen LogP contribution is -2.63. The van der Waals surface area contributed by atoms with Crippen molar-refractivity contribution in [1.29, 1.82) is 0 Å². The van der Waals surface area contributed by atoms with Gasteiger partial charge in [-0.3, -0.25) is 9.69 Å². The van der Waals surface area contributed by atoms with Gasteiger partial charge in [-0.25, -0.2) is 0 Å². The highest BCUT2D eigenvalue weighted by molar-refractivity contribution is 5.78. The second kappa shape index (κ2) is 7.28. The summed E-state index contributed by atoms with van der Waals surface area (Å²) in [5, 5.41) is 3.19. The highest BCUT2D eigenvalue weighted by Crippen LogP contribution is 2.35. The molecule has 22 heavy (non-hydrogen) atoms. The van der Waals surface area contributed by atoms with Gasteiger partial charge >= 0.3 is 0 Å². The molecule has 0 radical (unpaired) electrons. The normalized spacial score (nSPS) is 25.1.